The summed E-state index contributed by atoms with van der Waals surface area (Å²) in [6, 6.07) is 0. The Labute approximate surface area is 121 Å². The predicted octanol–water partition coefficient (Wildman–Crippen LogP) is 2.31. The van der Waals surface area contributed by atoms with Crippen LogP contribution in [0, 0.1) is 23.3 Å². The highest BCUT2D eigenvalue weighted by Gasteiger charge is 2.44. The van der Waals surface area contributed by atoms with Crippen molar-refractivity contribution in [3.8, 4) is 5.75 Å². The molecule has 0 spiro atoms. The van der Waals surface area contributed by atoms with Crippen LogP contribution in [-0.4, -0.2) is 25.4 Å². The third-order valence-corrected chi connectivity index (χ3v) is 9.39. The van der Waals surface area contributed by atoms with E-state index in [2.05, 4.69) is 4.65 Å². The zero-order chi connectivity index (χ0) is 16.7. The lowest BCUT2D eigenvalue weighted by molar-refractivity contribution is 0.269. The molecule has 0 fully saturated rings. The molecule has 0 aliphatic carbocycles. The van der Waals surface area contributed by atoms with Gasteiger partial charge in [-0.1, -0.05) is 33.9 Å². The van der Waals surface area contributed by atoms with Gasteiger partial charge in [-0.15, -0.1) is 0 Å². The van der Waals surface area contributed by atoms with Crippen LogP contribution in [0.25, 0.3) is 0 Å². The molecule has 21 heavy (non-hydrogen) atoms. The lowest BCUT2D eigenvalue weighted by atomic mass is 10.2. The van der Waals surface area contributed by atoms with Crippen LogP contribution in [0.4, 0.5) is 17.6 Å². The summed E-state index contributed by atoms with van der Waals surface area (Å²) < 4.78 is 60.1. The highest BCUT2D eigenvalue weighted by atomic mass is 28.3. The third-order valence-electron chi connectivity index (χ3n) is 3.95. The molecule has 0 unspecified atom stereocenters. The Balaban J connectivity index is 3.66. The van der Waals surface area contributed by atoms with Crippen molar-refractivity contribution >= 4 is 20.6 Å². The van der Waals surface area contributed by atoms with Crippen LogP contribution >= 0.6 is 0 Å². The average Bonchev–Trinajstić information content (AvgIpc) is 2.30. The van der Waals surface area contributed by atoms with E-state index in [1.54, 1.807) is 33.9 Å². The van der Waals surface area contributed by atoms with Gasteiger partial charge >= 0.3 is 7.32 Å². The van der Waals surface area contributed by atoms with E-state index in [0.717, 1.165) is 0 Å². The van der Waals surface area contributed by atoms with Crippen molar-refractivity contribution in [2.45, 2.75) is 38.9 Å². The van der Waals surface area contributed by atoms with Gasteiger partial charge in [-0.05, 0) is 5.04 Å². The SMILES string of the molecule is CC(C)(C)[Si](C)(C)c1c(F)c(F)c(OB(O)O)c(F)c1F. The maximum atomic E-state index is 14.2. The largest absolute Gasteiger partial charge is 0.707 e. The number of hydrogen-bond donors (Lipinski definition) is 2. The second-order valence-corrected chi connectivity index (χ2v) is 11.5. The minimum atomic E-state index is -2.91. The van der Waals surface area contributed by atoms with E-state index in [0.29, 0.717) is 0 Å². The molecule has 1 aromatic carbocycles. The average molecular weight is 324 g/mol. The first-order valence-corrected chi connectivity index (χ1v) is 9.21. The molecule has 1 aromatic rings. The van der Waals surface area contributed by atoms with Gasteiger partial charge in [-0.25, -0.2) is 8.78 Å². The maximum Gasteiger partial charge on any atom is 0.707 e. The first-order valence-electron chi connectivity index (χ1n) is 6.21. The third kappa shape index (κ3) is 3.09. The van der Waals surface area contributed by atoms with Gasteiger partial charge < -0.3 is 14.7 Å². The molecular weight excluding hydrogens is 307 g/mol. The van der Waals surface area contributed by atoms with Gasteiger partial charge in [0.15, 0.2) is 17.4 Å². The lowest BCUT2D eigenvalue weighted by Gasteiger charge is -2.37. The van der Waals surface area contributed by atoms with Crippen molar-refractivity contribution in [3.63, 3.8) is 0 Å². The van der Waals surface area contributed by atoms with Crippen LogP contribution in [0.3, 0.4) is 0 Å². The van der Waals surface area contributed by atoms with E-state index in [1.165, 1.54) is 0 Å². The Morgan fingerprint density at radius 3 is 1.57 bits per heavy atom. The molecule has 0 saturated heterocycles. The normalized spacial score (nSPS) is 12.5. The second kappa shape index (κ2) is 5.62. The van der Waals surface area contributed by atoms with E-state index in [4.69, 9.17) is 10.0 Å². The Kier molecular flexibility index (Phi) is 4.81. The Hall–Kier alpha value is -1.06. The first kappa shape index (κ1) is 18.0. The van der Waals surface area contributed by atoms with Crippen LogP contribution in [0.2, 0.25) is 18.1 Å². The van der Waals surface area contributed by atoms with Crippen LogP contribution in [-0.2, 0) is 0 Å². The maximum absolute atomic E-state index is 14.2. The molecule has 0 bridgehead atoms. The fraction of sp³-hybridized carbons (Fsp3) is 0.500. The van der Waals surface area contributed by atoms with E-state index in [-0.39, 0.29) is 0 Å². The molecule has 0 atom stereocenters. The molecule has 0 aliphatic rings. The molecule has 0 aromatic heterocycles. The van der Waals surface area contributed by atoms with Crippen molar-refractivity contribution < 1.29 is 32.3 Å². The Bertz CT molecular complexity index is 529. The van der Waals surface area contributed by atoms with Crippen LogP contribution in [0.1, 0.15) is 20.8 Å². The number of halogens is 4. The van der Waals surface area contributed by atoms with Gasteiger partial charge in [-0.2, -0.15) is 8.78 Å². The molecule has 0 amide bonds. The molecule has 3 nitrogen and oxygen atoms in total. The van der Waals surface area contributed by atoms with E-state index < -0.39 is 54.6 Å². The zero-order valence-electron chi connectivity index (χ0n) is 12.4. The van der Waals surface area contributed by atoms with Crippen molar-refractivity contribution in [1.82, 2.24) is 0 Å². The summed E-state index contributed by atoms with van der Waals surface area (Å²) in [5.41, 5.74) is 0. The van der Waals surface area contributed by atoms with Gasteiger partial charge in [0, 0.05) is 5.19 Å². The van der Waals surface area contributed by atoms with Crippen LogP contribution < -0.4 is 9.84 Å². The Morgan fingerprint density at radius 1 is 0.905 bits per heavy atom. The van der Waals surface area contributed by atoms with Gasteiger partial charge in [0.05, 0.1) is 8.07 Å². The smallest absolute Gasteiger partial charge is 0.507 e. The molecular formula is C12H17BF4O3Si. The summed E-state index contributed by atoms with van der Waals surface area (Å²) in [5, 5.41) is 15.9. The lowest BCUT2D eigenvalue weighted by Crippen LogP contribution is -2.53. The van der Waals surface area contributed by atoms with Gasteiger partial charge in [0.25, 0.3) is 0 Å². The van der Waals surface area contributed by atoms with E-state index in [1.807, 2.05) is 0 Å². The highest BCUT2D eigenvalue weighted by molar-refractivity contribution is 6.92. The molecule has 2 N–H and O–H groups in total. The van der Waals surface area contributed by atoms with Gasteiger partial charge in [-0.3, -0.25) is 0 Å². The van der Waals surface area contributed by atoms with Crippen LogP contribution in [0.15, 0.2) is 0 Å². The minimum Gasteiger partial charge on any atom is -0.507 e. The number of hydrogen-bond acceptors (Lipinski definition) is 3. The summed E-state index contributed by atoms with van der Waals surface area (Å²) in [6.07, 6.45) is 0. The van der Waals surface area contributed by atoms with E-state index in [9.17, 15) is 17.6 Å². The number of benzene rings is 1. The van der Waals surface area contributed by atoms with Crippen molar-refractivity contribution in [2.75, 3.05) is 0 Å². The summed E-state index contributed by atoms with van der Waals surface area (Å²) in [7, 11) is -5.50. The standard InChI is InChI=1S/C12H17BF4O3Si/c1-12(2,3)21(4,5)11-8(16)6(14)10(20-13(18)19)7(15)9(11)17/h18-19H,1-5H3. The molecule has 0 heterocycles. The molecule has 118 valence electrons. The summed E-state index contributed by atoms with van der Waals surface area (Å²) in [6.45, 7) is 8.38. The molecule has 0 saturated carbocycles. The van der Waals surface area contributed by atoms with Crippen molar-refractivity contribution in [3.05, 3.63) is 23.3 Å². The first-order chi connectivity index (χ1) is 9.32. The van der Waals surface area contributed by atoms with Gasteiger partial charge in [0.2, 0.25) is 11.6 Å². The number of rotatable bonds is 3. The van der Waals surface area contributed by atoms with Crippen LogP contribution in [0.5, 0.6) is 5.75 Å². The van der Waals surface area contributed by atoms with E-state index >= 15 is 0 Å². The second-order valence-electron chi connectivity index (χ2n) is 6.28. The Morgan fingerprint density at radius 2 is 1.29 bits per heavy atom. The minimum absolute atomic E-state index is 0.563. The molecule has 0 aliphatic heterocycles. The topological polar surface area (TPSA) is 49.7 Å². The van der Waals surface area contributed by atoms with Crippen molar-refractivity contribution in [1.29, 1.82) is 0 Å². The zero-order valence-corrected chi connectivity index (χ0v) is 13.4. The molecule has 0 radical (unpaired) electrons. The quantitative estimate of drug-likeness (QED) is 0.510. The predicted molar refractivity (Wildman–Crippen MR) is 73.9 cm³/mol. The summed E-state index contributed by atoms with van der Waals surface area (Å²) in [4.78, 5) is 0. The monoisotopic (exact) mass is 324 g/mol. The van der Waals surface area contributed by atoms with Crippen molar-refractivity contribution in [2.24, 2.45) is 0 Å². The summed E-state index contributed by atoms with van der Waals surface area (Å²) in [5.74, 6) is -8.15. The molecule has 9 heteroatoms. The summed E-state index contributed by atoms with van der Waals surface area (Å²) >= 11 is 0. The fourth-order valence-corrected chi connectivity index (χ4v) is 3.81. The fourth-order valence-electron chi connectivity index (χ4n) is 1.74. The molecule has 1 rings (SSSR count). The highest BCUT2D eigenvalue weighted by Crippen LogP contribution is 2.38. The van der Waals surface area contributed by atoms with Gasteiger partial charge in [0.1, 0.15) is 0 Å².